The van der Waals surface area contributed by atoms with Crippen LogP contribution in [0.25, 0.3) is 0 Å². The molecule has 0 radical (unpaired) electrons. The van der Waals surface area contributed by atoms with Crippen molar-refractivity contribution in [2.24, 2.45) is 29.1 Å². The second-order valence-electron chi connectivity index (χ2n) is 10.0. The molecule has 2 aliphatic rings. The molecule has 7 heteroatoms. The standard InChI is InChI=1S/C25H38FN3O3/c1-5-27-24(32)29-20-11-13-25(4)12-10-19(22(30)21(25)16(20)3)15(2)23(31)28-14-17-6-8-18(26)9-7-17/h6-9,15-16,19-22,30H,5,10-14H2,1-4H3,(H,28,31)(H2,27,29,32)/t15-,16+,19+,20+,21+,22-,25+/m0/s1. The third kappa shape index (κ3) is 5.25. The Labute approximate surface area is 190 Å². The van der Waals surface area contributed by atoms with Crippen molar-refractivity contribution in [3.63, 3.8) is 0 Å². The van der Waals surface area contributed by atoms with Crippen LogP contribution in [0.15, 0.2) is 24.3 Å². The van der Waals surface area contributed by atoms with Gasteiger partial charge in [0.05, 0.1) is 6.10 Å². The highest BCUT2D eigenvalue weighted by molar-refractivity contribution is 5.78. The lowest BCUT2D eigenvalue weighted by molar-refractivity contribution is -0.142. The van der Waals surface area contributed by atoms with E-state index in [1.54, 1.807) is 12.1 Å². The first-order valence-corrected chi connectivity index (χ1v) is 11.9. The highest BCUT2D eigenvalue weighted by Crippen LogP contribution is 2.55. The Morgan fingerprint density at radius 3 is 2.50 bits per heavy atom. The number of nitrogens with one attached hydrogen (secondary N) is 3. The van der Waals surface area contributed by atoms with Crippen molar-refractivity contribution in [1.82, 2.24) is 16.0 Å². The van der Waals surface area contributed by atoms with E-state index in [4.69, 9.17) is 0 Å². The van der Waals surface area contributed by atoms with E-state index in [2.05, 4.69) is 29.8 Å². The van der Waals surface area contributed by atoms with Crippen molar-refractivity contribution in [3.05, 3.63) is 35.6 Å². The van der Waals surface area contributed by atoms with E-state index in [9.17, 15) is 19.1 Å². The monoisotopic (exact) mass is 447 g/mol. The number of hydrogen-bond donors (Lipinski definition) is 4. The van der Waals surface area contributed by atoms with Crippen LogP contribution in [0.1, 0.15) is 58.9 Å². The zero-order valence-corrected chi connectivity index (χ0v) is 19.7. The smallest absolute Gasteiger partial charge is 0.315 e. The average molecular weight is 448 g/mol. The van der Waals surface area contributed by atoms with Gasteiger partial charge in [0, 0.05) is 25.0 Å². The highest BCUT2D eigenvalue weighted by atomic mass is 19.1. The van der Waals surface area contributed by atoms with Gasteiger partial charge in [-0.05, 0) is 73.5 Å². The van der Waals surface area contributed by atoms with Crippen molar-refractivity contribution in [3.8, 4) is 0 Å². The molecule has 0 bridgehead atoms. The van der Waals surface area contributed by atoms with Gasteiger partial charge < -0.3 is 21.1 Å². The summed E-state index contributed by atoms with van der Waals surface area (Å²) in [5.74, 6) is -0.727. The maximum absolute atomic E-state index is 13.1. The number of benzene rings is 1. The lowest BCUT2D eigenvalue weighted by Crippen LogP contribution is -2.59. The second-order valence-corrected chi connectivity index (χ2v) is 10.0. The molecule has 0 saturated heterocycles. The molecule has 3 rings (SSSR count). The van der Waals surface area contributed by atoms with Crippen LogP contribution >= 0.6 is 0 Å². The van der Waals surface area contributed by atoms with E-state index >= 15 is 0 Å². The summed E-state index contributed by atoms with van der Waals surface area (Å²) in [6, 6.07) is 5.93. The lowest BCUT2D eigenvalue weighted by atomic mass is 9.52. The van der Waals surface area contributed by atoms with Gasteiger partial charge in [-0.15, -0.1) is 0 Å². The average Bonchev–Trinajstić information content (AvgIpc) is 2.75. The first-order valence-electron chi connectivity index (χ1n) is 11.9. The molecule has 2 saturated carbocycles. The summed E-state index contributed by atoms with van der Waals surface area (Å²) in [7, 11) is 0. The fourth-order valence-electron chi connectivity index (χ4n) is 6.02. The predicted octanol–water partition coefficient (Wildman–Crippen LogP) is 3.59. The van der Waals surface area contributed by atoms with Crippen LogP contribution in [0.2, 0.25) is 0 Å². The van der Waals surface area contributed by atoms with Crippen LogP contribution < -0.4 is 16.0 Å². The summed E-state index contributed by atoms with van der Waals surface area (Å²) < 4.78 is 13.1. The maximum atomic E-state index is 13.1. The van der Waals surface area contributed by atoms with Crippen molar-refractivity contribution in [1.29, 1.82) is 0 Å². The normalized spacial score (nSPS) is 33.0. The number of carbonyl (C=O) groups excluding carboxylic acids is 2. The molecule has 4 N–H and O–H groups in total. The minimum absolute atomic E-state index is 0.00985. The number of amides is 3. The fraction of sp³-hybridized carbons (Fsp3) is 0.680. The van der Waals surface area contributed by atoms with Gasteiger partial charge >= 0.3 is 6.03 Å². The van der Waals surface area contributed by atoms with Crippen LogP contribution in [0, 0.1) is 34.9 Å². The van der Waals surface area contributed by atoms with Gasteiger partial charge in [0.1, 0.15) is 5.82 Å². The number of fused-ring (bicyclic) bond motifs is 1. The topological polar surface area (TPSA) is 90.5 Å². The first kappa shape index (κ1) is 24.5. The Kier molecular flexibility index (Phi) is 7.80. The summed E-state index contributed by atoms with van der Waals surface area (Å²) in [4.78, 5) is 25.0. The van der Waals surface area contributed by atoms with Crippen molar-refractivity contribution in [2.45, 2.75) is 72.1 Å². The molecule has 32 heavy (non-hydrogen) atoms. The van der Waals surface area contributed by atoms with Crippen LogP contribution in [0.5, 0.6) is 0 Å². The van der Waals surface area contributed by atoms with Gasteiger partial charge in [0.15, 0.2) is 0 Å². The van der Waals surface area contributed by atoms with Crippen molar-refractivity contribution in [2.75, 3.05) is 6.54 Å². The zero-order chi connectivity index (χ0) is 23.5. The number of aliphatic hydroxyl groups excluding tert-OH is 1. The van der Waals surface area contributed by atoms with Gasteiger partial charge in [0.25, 0.3) is 0 Å². The number of aliphatic hydroxyl groups is 1. The molecule has 3 amide bonds. The number of carbonyl (C=O) groups is 2. The van der Waals surface area contributed by atoms with Gasteiger partial charge in [-0.2, -0.15) is 0 Å². The Bertz CT molecular complexity index is 802. The van der Waals surface area contributed by atoms with E-state index < -0.39 is 6.10 Å². The molecule has 6 nitrogen and oxygen atoms in total. The third-order valence-electron chi connectivity index (χ3n) is 7.98. The molecule has 2 fully saturated rings. The van der Waals surface area contributed by atoms with Crippen LogP contribution in [-0.4, -0.2) is 35.7 Å². The van der Waals surface area contributed by atoms with Gasteiger partial charge in [0.2, 0.25) is 5.91 Å². The zero-order valence-electron chi connectivity index (χ0n) is 19.7. The molecule has 0 spiro atoms. The SMILES string of the molecule is CCNC(=O)N[C@@H]1CC[C@@]2(C)CC[C@H]([C@H](C)C(=O)NCc3ccc(F)cc3)[C@H](O)[C@H]2[C@@H]1C. The molecule has 0 aromatic heterocycles. The molecule has 2 aliphatic carbocycles. The maximum Gasteiger partial charge on any atom is 0.315 e. The number of urea groups is 1. The first-order chi connectivity index (χ1) is 15.2. The van der Waals surface area contributed by atoms with E-state index in [1.165, 1.54) is 12.1 Å². The van der Waals surface area contributed by atoms with Gasteiger partial charge in [-0.25, -0.2) is 9.18 Å². The molecule has 0 unspecified atom stereocenters. The van der Waals surface area contributed by atoms with E-state index in [1.807, 2.05) is 13.8 Å². The molecular weight excluding hydrogens is 409 g/mol. The fourth-order valence-corrected chi connectivity index (χ4v) is 6.02. The summed E-state index contributed by atoms with van der Waals surface area (Å²) in [5, 5.41) is 20.3. The Balaban J connectivity index is 1.65. The van der Waals surface area contributed by atoms with E-state index in [0.717, 1.165) is 31.2 Å². The minimum atomic E-state index is -0.603. The molecule has 178 valence electrons. The highest BCUT2D eigenvalue weighted by Gasteiger charge is 2.53. The summed E-state index contributed by atoms with van der Waals surface area (Å²) in [5.41, 5.74) is 0.850. The number of rotatable bonds is 6. The second kappa shape index (κ2) is 10.2. The molecule has 7 atom stereocenters. The lowest BCUT2D eigenvalue weighted by Gasteiger charge is -2.56. The van der Waals surface area contributed by atoms with Crippen LogP contribution in [-0.2, 0) is 11.3 Å². The van der Waals surface area contributed by atoms with Crippen LogP contribution in [0.3, 0.4) is 0 Å². The minimum Gasteiger partial charge on any atom is -0.392 e. The number of halogens is 1. The Morgan fingerprint density at radius 1 is 1.19 bits per heavy atom. The Morgan fingerprint density at radius 2 is 1.84 bits per heavy atom. The number of hydrogen-bond acceptors (Lipinski definition) is 3. The predicted molar refractivity (Wildman–Crippen MR) is 122 cm³/mol. The molecule has 1 aromatic carbocycles. The van der Waals surface area contributed by atoms with Crippen molar-refractivity contribution < 1.29 is 19.1 Å². The molecule has 0 aliphatic heterocycles. The summed E-state index contributed by atoms with van der Waals surface area (Å²) in [6.07, 6.45) is 3.02. The third-order valence-corrected chi connectivity index (χ3v) is 7.98. The molecule has 0 heterocycles. The quantitative estimate of drug-likeness (QED) is 0.537. The van der Waals surface area contributed by atoms with E-state index in [0.29, 0.717) is 13.1 Å². The van der Waals surface area contributed by atoms with Crippen LogP contribution in [0.4, 0.5) is 9.18 Å². The summed E-state index contributed by atoms with van der Waals surface area (Å²) >= 11 is 0. The largest absolute Gasteiger partial charge is 0.392 e. The van der Waals surface area contributed by atoms with Gasteiger partial charge in [-0.3, -0.25) is 4.79 Å². The molecular formula is C25H38FN3O3. The molecule has 1 aromatic rings. The van der Waals surface area contributed by atoms with E-state index in [-0.39, 0.29) is 52.9 Å². The Hall–Kier alpha value is -2.15. The van der Waals surface area contributed by atoms with Gasteiger partial charge in [-0.1, -0.05) is 32.9 Å². The summed E-state index contributed by atoms with van der Waals surface area (Å²) in [6.45, 7) is 9.04. The van der Waals surface area contributed by atoms with Crippen molar-refractivity contribution >= 4 is 11.9 Å².